The van der Waals surface area contributed by atoms with Crippen LogP contribution >= 0.6 is 15.9 Å². The van der Waals surface area contributed by atoms with E-state index < -0.39 is 35.6 Å². The zero-order valence-electron chi connectivity index (χ0n) is 22.2. The zero-order chi connectivity index (χ0) is 28.4. The molecular weight excluding hydrogens is 582 g/mol. The van der Waals surface area contributed by atoms with Gasteiger partial charge in [-0.1, -0.05) is 45.4 Å². The van der Waals surface area contributed by atoms with Gasteiger partial charge in [0.05, 0.1) is 36.7 Å². The van der Waals surface area contributed by atoms with Crippen molar-refractivity contribution < 1.29 is 29.0 Å². The summed E-state index contributed by atoms with van der Waals surface area (Å²) in [5.74, 6) is -2.99. The fraction of sp³-hybridized carbons (Fsp3) is 0.536. The van der Waals surface area contributed by atoms with E-state index >= 15 is 0 Å². The summed E-state index contributed by atoms with van der Waals surface area (Å²) in [4.78, 5) is 44.2. The van der Waals surface area contributed by atoms with Crippen molar-refractivity contribution in [2.45, 2.75) is 54.9 Å². The fourth-order valence-electron chi connectivity index (χ4n) is 6.42. The third-order valence-corrected chi connectivity index (χ3v) is 8.91. The third-order valence-electron chi connectivity index (χ3n) is 8.07. The predicted molar refractivity (Wildman–Crippen MR) is 149 cm³/mol. The maximum absolute atomic E-state index is 14.3. The summed E-state index contributed by atoms with van der Waals surface area (Å²) in [6, 6.07) is 6.38. The molecule has 0 aliphatic carbocycles. The van der Waals surface area contributed by atoms with Crippen LogP contribution in [-0.4, -0.2) is 96.6 Å². The quantitative estimate of drug-likeness (QED) is 0.157. The maximum Gasteiger partial charge on any atom is 0.312 e. The average Bonchev–Trinajstić information content (AvgIpc) is 3.66. The number of carbonyl (C=O) groups is 3. The summed E-state index contributed by atoms with van der Waals surface area (Å²) in [6.45, 7) is 7.60. The third kappa shape index (κ3) is 4.75. The van der Waals surface area contributed by atoms with Crippen molar-refractivity contribution in [3.63, 3.8) is 0 Å². The first-order valence-corrected chi connectivity index (χ1v) is 14.5. The molecule has 3 saturated heterocycles. The van der Waals surface area contributed by atoms with Crippen molar-refractivity contribution in [2.75, 3.05) is 26.3 Å². The number of fused-ring (bicyclic) bond motifs is 2. The number of β-amino-alcohol motifs (C(OH)–C–C–N with tert-alkyl or cyclic N) is 1. The van der Waals surface area contributed by atoms with E-state index in [1.54, 1.807) is 15.7 Å². The molecule has 40 heavy (non-hydrogen) atoms. The number of aliphatic hydroxyl groups excluding tert-OH is 1. The Morgan fingerprint density at radius 2 is 2.08 bits per heavy atom. The lowest BCUT2D eigenvalue weighted by Gasteiger charge is -2.36. The Morgan fingerprint density at radius 3 is 2.83 bits per heavy atom. The molecule has 3 fully saturated rings. The van der Waals surface area contributed by atoms with Crippen LogP contribution in [0.15, 0.2) is 49.6 Å². The summed E-state index contributed by atoms with van der Waals surface area (Å²) in [6.07, 6.45) is 5.53. The summed E-state index contributed by atoms with van der Waals surface area (Å²) >= 11 is 3.65. The Kier molecular flexibility index (Phi) is 8.39. The minimum absolute atomic E-state index is 0.0635. The lowest BCUT2D eigenvalue weighted by Crippen LogP contribution is -2.57. The highest BCUT2D eigenvalue weighted by molar-refractivity contribution is 9.09. The molecule has 3 aliphatic rings. The van der Waals surface area contributed by atoms with Crippen LogP contribution < -0.4 is 0 Å². The normalized spacial score (nSPS) is 28.6. The van der Waals surface area contributed by atoms with Gasteiger partial charge < -0.3 is 24.4 Å². The van der Waals surface area contributed by atoms with E-state index in [1.807, 2.05) is 30.3 Å². The number of hydrogen-bond acceptors (Lipinski definition) is 8. The topological polar surface area (TPSA) is 127 Å². The zero-order valence-corrected chi connectivity index (χ0v) is 23.8. The number of halogens is 1. The van der Waals surface area contributed by atoms with E-state index in [2.05, 4.69) is 39.4 Å². The van der Waals surface area contributed by atoms with Crippen LogP contribution in [0.5, 0.6) is 0 Å². The summed E-state index contributed by atoms with van der Waals surface area (Å²) in [5.41, 5.74) is 0.207. The molecule has 214 valence electrons. The van der Waals surface area contributed by atoms with E-state index in [4.69, 9.17) is 9.47 Å². The molecule has 5 rings (SSSR count). The Labute approximate surface area is 240 Å². The SMILES string of the molecule is C=CCCCCOC(=O)[C@H]1[C@@H]2OC3(CC2Br)C(C(=O)N(CC=C)Cn2nnc4ccccc42)N(CCO)C(=O)[C@H]13. The van der Waals surface area contributed by atoms with E-state index in [-0.39, 0.29) is 49.6 Å². The molecule has 0 saturated carbocycles. The number of aliphatic hydroxyl groups is 1. The number of allylic oxidation sites excluding steroid dienone is 1. The highest BCUT2D eigenvalue weighted by Gasteiger charge is 2.77. The van der Waals surface area contributed by atoms with Crippen molar-refractivity contribution in [3.05, 3.63) is 49.6 Å². The molecule has 1 aromatic heterocycles. The number of nitrogens with zero attached hydrogens (tertiary/aromatic N) is 5. The van der Waals surface area contributed by atoms with Gasteiger partial charge in [-0.2, -0.15) is 0 Å². The number of alkyl halides is 1. The Bertz CT molecular complexity index is 1300. The van der Waals surface area contributed by atoms with Crippen LogP contribution in [0.4, 0.5) is 0 Å². The first kappa shape index (κ1) is 28.4. The second-order valence-electron chi connectivity index (χ2n) is 10.4. The molecule has 1 N–H and O–H groups in total. The molecule has 3 aliphatic heterocycles. The number of ether oxygens (including phenoxy) is 2. The summed E-state index contributed by atoms with van der Waals surface area (Å²) in [7, 11) is 0. The van der Waals surface area contributed by atoms with Crippen LogP contribution in [0.3, 0.4) is 0 Å². The van der Waals surface area contributed by atoms with Gasteiger partial charge in [0, 0.05) is 17.9 Å². The minimum atomic E-state index is -1.24. The summed E-state index contributed by atoms with van der Waals surface area (Å²) in [5, 5.41) is 18.2. The van der Waals surface area contributed by atoms with Crippen LogP contribution in [0.1, 0.15) is 25.7 Å². The molecule has 2 bridgehead atoms. The molecule has 6 atom stereocenters. The largest absolute Gasteiger partial charge is 0.465 e. The second kappa shape index (κ2) is 11.8. The van der Waals surface area contributed by atoms with Crippen molar-refractivity contribution in [2.24, 2.45) is 11.8 Å². The Hall–Kier alpha value is -3.09. The molecule has 1 spiro atoms. The van der Waals surface area contributed by atoms with Crippen molar-refractivity contribution in [1.29, 1.82) is 0 Å². The number of amides is 2. The highest BCUT2D eigenvalue weighted by atomic mass is 79.9. The fourth-order valence-corrected chi connectivity index (χ4v) is 7.36. The van der Waals surface area contributed by atoms with E-state index in [0.717, 1.165) is 18.4 Å². The second-order valence-corrected chi connectivity index (χ2v) is 11.6. The number of esters is 1. The van der Waals surface area contributed by atoms with Crippen LogP contribution in [0, 0.1) is 11.8 Å². The molecule has 0 radical (unpaired) electrons. The van der Waals surface area contributed by atoms with Gasteiger partial charge in [-0.25, -0.2) is 4.68 Å². The first-order valence-electron chi connectivity index (χ1n) is 13.6. The number of rotatable bonds is 13. The van der Waals surface area contributed by atoms with Gasteiger partial charge in [-0.05, 0) is 37.8 Å². The number of aromatic nitrogens is 3. The van der Waals surface area contributed by atoms with Crippen LogP contribution in [0.2, 0.25) is 0 Å². The molecule has 12 heteroatoms. The number of carbonyl (C=O) groups excluding carboxylic acids is 3. The lowest BCUT2D eigenvalue weighted by atomic mass is 9.70. The minimum Gasteiger partial charge on any atom is -0.465 e. The number of hydrogen-bond donors (Lipinski definition) is 1. The standard InChI is InChI=1S/C28H34BrN5O6/c1-3-5-6-9-15-39-27(38)21-22-25(36)33(13-14-35)24(28(22)16-18(29)23(21)40-28)26(37)32(12-4-2)17-34-20-11-8-7-10-19(20)30-31-34/h3-4,7-8,10-11,18,21-24,35H,1-2,5-6,9,12-17H2/t18?,21-,22+,23-,24?,28?/m1/s1. The smallest absolute Gasteiger partial charge is 0.312 e. The average molecular weight is 617 g/mol. The Balaban J connectivity index is 1.44. The number of unbranched alkanes of at least 4 members (excludes halogenated alkanes) is 2. The van der Waals surface area contributed by atoms with E-state index in [0.29, 0.717) is 18.4 Å². The molecule has 11 nitrogen and oxygen atoms in total. The number of benzene rings is 1. The monoisotopic (exact) mass is 615 g/mol. The molecular formula is C28H34BrN5O6. The Morgan fingerprint density at radius 1 is 1.27 bits per heavy atom. The lowest BCUT2D eigenvalue weighted by molar-refractivity contribution is -0.155. The van der Waals surface area contributed by atoms with Crippen molar-refractivity contribution in [1.82, 2.24) is 24.8 Å². The molecule has 2 aromatic rings. The van der Waals surface area contributed by atoms with Crippen molar-refractivity contribution >= 4 is 44.7 Å². The van der Waals surface area contributed by atoms with E-state index in [9.17, 15) is 19.5 Å². The molecule has 4 heterocycles. The van der Waals surface area contributed by atoms with Crippen molar-refractivity contribution in [3.8, 4) is 0 Å². The predicted octanol–water partition coefficient (Wildman–Crippen LogP) is 2.04. The first-order chi connectivity index (χ1) is 19.4. The van der Waals surface area contributed by atoms with Gasteiger partial charge in [0.2, 0.25) is 11.8 Å². The molecule has 1 aromatic carbocycles. The van der Waals surface area contributed by atoms with Crippen LogP contribution in [-0.2, 0) is 30.5 Å². The van der Waals surface area contributed by atoms with Gasteiger partial charge in [0.15, 0.2) is 0 Å². The summed E-state index contributed by atoms with van der Waals surface area (Å²) < 4.78 is 13.7. The van der Waals surface area contributed by atoms with Gasteiger partial charge in [0.25, 0.3) is 0 Å². The number of likely N-dealkylation sites (tertiary alicyclic amines) is 1. The van der Waals surface area contributed by atoms with Gasteiger partial charge in [-0.3, -0.25) is 14.4 Å². The highest BCUT2D eigenvalue weighted by Crippen LogP contribution is 2.60. The van der Waals surface area contributed by atoms with Gasteiger partial charge in [0.1, 0.15) is 23.8 Å². The van der Waals surface area contributed by atoms with Crippen LogP contribution in [0.25, 0.3) is 11.0 Å². The number of para-hydroxylation sites is 1. The van der Waals surface area contributed by atoms with Gasteiger partial charge in [-0.15, -0.1) is 18.3 Å². The molecule has 3 unspecified atom stereocenters. The van der Waals surface area contributed by atoms with Gasteiger partial charge >= 0.3 is 5.97 Å². The van der Waals surface area contributed by atoms with E-state index in [1.165, 1.54) is 4.90 Å². The molecule has 2 amide bonds. The maximum atomic E-state index is 14.3.